The second-order valence-corrected chi connectivity index (χ2v) is 13.4. The fourth-order valence-electron chi connectivity index (χ4n) is 8.63. The van der Waals surface area contributed by atoms with Gasteiger partial charge in [0.25, 0.3) is 16.7 Å². The monoisotopic (exact) mass is 546 g/mol. The molecule has 10 heteroatoms. The van der Waals surface area contributed by atoms with Gasteiger partial charge in [-0.3, -0.25) is 4.79 Å². The number of ether oxygens (including phenoxy) is 2. The van der Waals surface area contributed by atoms with Crippen LogP contribution in [0.25, 0.3) is 0 Å². The quantitative estimate of drug-likeness (QED) is 0.164. The van der Waals surface area contributed by atoms with Gasteiger partial charge in [-0.2, -0.15) is 0 Å². The van der Waals surface area contributed by atoms with Crippen LogP contribution in [0.4, 0.5) is 0 Å². The molecule has 3 aliphatic carbocycles. The normalized spacial score (nSPS) is 37.9. The van der Waals surface area contributed by atoms with Crippen LogP contribution in [-0.2, 0) is 33.6 Å². The van der Waals surface area contributed by atoms with E-state index in [1.165, 1.54) is 32.3 Å². The smallest absolute Gasteiger partial charge is 0.716 e. The second-order valence-electron chi connectivity index (χ2n) is 12.4. The number of fused-ring (bicyclic) bond motifs is 3. The van der Waals surface area contributed by atoms with Gasteiger partial charge in [-0.05, 0) is 90.9 Å². The van der Waals surface area contributed by atoms with Crippen LogP contribution in [-0.4, -0.2) is 31.2 Å². The Morgan fingerprint density at radius 3 is 2.49 bits per heavy atom. The number of hydrogen-bond acceptors (Lipinski definition) is 8. The van der Waals surface area contributed by atoms with Crippen molar-refractivity contribution >= 4 is 22.3 Å². The first-order chi connectivity index (χ1) is 16.7. The molecule has 0 N–H and O–H groups in total. The van der Waals surface area contributed by atoms with E-state index in [1.807, 2.05) is 0 Å². The van der Waals surface area contributed by atoms with Crippen molar-refractivity contribution in [3.63, 3.8) is 0 Å². The Labute approximate surface area is 243 Å². The summed E-state index contributed by atoms with van der Waals surface area (Å²) in [5.41, 5.74) is 1.75. The Morgan fingerprint density at radius 2 is 1.84 bits per heavy atom. The minimum absolute atomic E-state index is 0. The molecular weight excluding hydrogens is 507 g/mol. The fourth-order valence-corrected chi connectivity index (χ4v) is 8.88. The number of esters is 2. The predicted molar refractivity (Wildman–Crippen MR) is 131 cm³/mol. The van der Waals surface area contributed by atoms with Gasteiger partial charge < -0.3 is 18.2 Å². The SMILES string of the molecule is CC(=O)OC1OC(=O)C=C1CC[C@H]1/C(=C/OS(=O)(=O)[O-])CC[C@H]2[C@]1(C)CC[C@H]1C(C)(C)CCC[C@]21C.[Na+]. The van der Waals surface area contributed by atoms with Crippen LogP contribution in [0.15, 0.2) is 23.5 Å². The minimum Gasteiger partial charge on any atom is -0.716 e. The molecule has 1 heterocycles. The maximum atomic E-state index is 11.9. The van der Waals surface area contributed by atoms with E-state index in [0.29, 0.717) is 36.7 Å². The first kappa shape index (κ1) is 30.7. The maximum absolute atomic E-state index is 11.9. The molecule has 202 valence electrons. The van der Waals surface area contributed by atoms with Crippen LogP contribution in [0.2, 0.25) is 0 Å². The zero-order valence-electron chi connectivity index (χ0n) is 23.0. The first-order valence-electron chi connectivity index (χ1n) is 13.1. The maximum Gasteiger partial charge on any atom is 1.00 e. The molecule has 0 spiro atoms. The number of cyclic esters (lactones) is 1. The Kier molecular flexibility index (Phi) is 9.08. The van der Waals surface area contributed by atoms with Crippen molar-refractivity contribution in [2.45, 2.75) is 98.7 Å². The summed E-state index contributed by atoms with van der Waals surface area (Å²) in [7, 11) is -4.86. The molecule has 3 saturated carbocycles. The molecule has 4 aliphatic rings. The summed E-state index contributed by atoms with van der Waals surface area (Å²) >= 11 is 0. The summed E-state index contributed by atoms with van der Waals surface area (Å²) in [6.07, 6.45) is 9.85. The first-order valence-corrected chi connectivity index (χ1v) is 14.4. The van der Waals surface area contributed by atoms with E-state index in [9.17, 15) is 22.6 Å². The third kappa shape index (κ3) is 6.16. The van der Waals surface area contributed by atoms with E-state index < -0.39 is 28.6 Å². The fraction of sp³-hybridized carbons (Fsp3) is 0.778. The summed E-state index contributed by atoms with van der Waals surface area (Å²) in [4.78, 5) is 23.4. The molecule has 6 atom stereocenters. The molecule has 0 radical (unpaired) electrons. The minimum atomic E-state index is -4.86. The van der Waals surface area contributed by atoms with E-state index in [4.69, 9.17) is 9.47 Å². The van der Waals surface area contributed by atoms with Crippen molar-refractivity contribution in [2.24, 2.45) is 34.0 Å². The zero-order valence-corrected chi connectivity index (χ0v) is 25.8. The Hall–Kier alpha value is -0.870. The summed E-state index contributed by atoms with van der Waals surface area (Å²) in [6.45, 7) is 10.8. The number of carbonyl (C=O) groups excluding carboxylic acids is 2. The van der Waals surface area contributed by atoms with E-state index in [1.54, 1.807) is 0 Å². The molecule has 0 amide bonds. The van der Waals surface area contributed by atoms with Crippen molar-refractivity contribution in [1.82, 2.24) is 0 Å². The standard InChI is InChI=1S/C27H40O8S.Na/c1-17(28)34-24-18(15-23(29)35-24)7-9-20-19(16-33-36(30,31)32)8-10-22-26(20,4)14-11-21-25(2,3)12-6-13-27(21,22)5;/h15-16,20-22,24H,6-14H2,1-5H3,(H,30,31,32);/q;+1/p-1/b19-16+;/t20-,21-,22-,24?,26+,27-;/m0./s1. The van der Waals surface area contributed by atoms with Gasteiger partial charge in [0.2, 0.25) is 0 Å². The summed E-state index contributed by atoms with van der Waals surface area (Å²) in [5.74, 6) is -0.0632. The van der Waals surface area contributed by atoms with Gasteiger partial charge in [-0.1, -0.05) is 34.1 Å². The average molecular weight is 547 g/mol. The molecule has 0 aromatic rings. The van der Waals surface area contributed by atoms with Gasteiger partial charge >= 0.3 is 41.5 Å². The van der Waals surface area contributed by atoms with Gasteiger partial charge in [-0.25, -0.2) is 13.2 Å². The number of allylic oxidation sites excluding steroid dienone is 1. The van der Waals surface area contributed by atoms with Gasteiger partial charge in [-0.15, -0.1) is 0 Å². The van der Waals surface area contributed by atoms with Gasteiger partial charge in [0, 0.05) is 18.6 Å². The average Bonchev–Trinajstić information content (AvgIpc) is 3.07. The molecule has 1 unspecified atom stereocenters. The zero-order chi connectivity index (χ0) is 26.5. The molecule has 3 fully saturated rings. The summed E-state index contributed by atoms with van der Waals surface area (Å²) < 4.78 is 48.8. The van der Waals surface area contributed by atoms with Crippen LogP contribution in [0.3, 0.4) is 0 Å². The second kappa shape index (κ2) is 11.0. The molecule has 37 heavy (non-hydrogen) atoms. The Morgan fingerprint density at radius 1 is 1.14 bits per heavy atom. The molecule has 0 aromatic heterocycles. The largest absolute Gasteiger partial charge is 1.00 e. The third-order valence-corrected chi connectivity index (χ3v) is 10.3. The van der Waals surface area contributed by atoms with E-state index in [2.05, 4.69) is 31.9 Å². The topological polar surface area (TPSA) is 119 Å². The molecule has 4 rings (SSSR count). The van der Waals surface area contributed by atoms with Crippen molar-refractivity contribution < 1.29 is 65.8 Å². The van der Waals surface area contributed by atoms with Crippen LogP contribution >= 0.6 is 0 Å². The molecular formula is C27H39NaO8S. The molecule has 8 nitrogen and oxygen atoms in total. The predicted octanol–water partition coefficient (Wildman–Crippen LogP) is 2.16. The third-order valence-electron chi connectivity index (χ3n) is 9.95. The Balaban J connectivity index is 0.00000380. The van der Waals surface area contributed by atoms with E-state index in [0.717, 1.165) is 31.1 Å². The van der Waals surface area contributed by atoms with Gasteiger partial charge in [0.1, 0.15) is 6.26 Å². The summed E-state index contributed by atoms with van der Waals surface area (Å²) in [5, 5.41) is 0. The van der Waals surface area contributed by atoms with Crippen molar-refractivity contribution in [2.75, 3.05) is 0 Å². The summed E-state index contributed by atoms with van der Waals surface area (Å²) in [6, 6.07) is 0. The van der Waals surface area contributed by atoms with Crippen molar-refractivity contribution in [3.05, 3.63) is 23.5 Å². The number of rotatable bonds is 6. The number of hydrogen-bond donors (Lipinski definition) is 0. The van der Waals surface area contributed by atoms with Gasteiger partial charge in [0.15, 0.2) is 0 Å². The van der Waals surface area contributed by atoms with Crippen LogP contribution in [0, 0.1) is 34.0 Å². The molecule has 1 aliphatic heterocycles. The van der Waals surface area contributed by atoms with Gasteiger partial charge in [0.05, 0.1) is 0 Å². The van der Waals surface area contributed by atoms with E-state index >= 15 is 0 Å². The molecule has 0 bridgehead atoms. The van der Waals surface area contributed by atoms with Crippen LogP contribution in [0.5, 0.6) is 0 Å². The van der Waals surface area contributed by atoms with Crippen LogP contribution in [0.1, 0.15) is 92.4 Å². The van der Waals surface area contributed by atoms with Crippen molar-refractivity contribution in [1.29, 1.82) is 0 Å². The molecule has 0 saturated heterocycles. The Bertz CT molecular complexity index is 1080. The van der Waals surface area contributed by atoms with Crippen molar-refractivity contribution in [3.8, 4) is 0 Å². The number of carbonyl (C=O) groups is 2. The van der Waals surface area contributed by atoms with E-state index in [-0.39, 0.29) is 51.7 Å². The van der Waals surface area contributed by atoms with Crippen LogP contribution < -0.4 is 29.6 Å². The molecule has 0 aromatic carbocycles.